The van der Waals surface area contributed by atoms with Crippen molar-refractivity contribution >= 4 is 0 Å². The van der Waals surface area contributed by atoms with Gasteiger partial charge in [0, 0.05) is 30.8 Å². The molecule has 3 aromatic rings. The molecular weight excluding hydrogens is 300 g/mol. The molecule has 6 nitrogen and oxygen atoms in total. The lowest BCUT2D eigenvalue weighted by Crippen LogP contribution is -2.23. The lowest BCUT2D eigenvalue weighted by Gasteiger charge is -2.23. The van der Waals surface area contributed by atoms with Gasteiger partial charge in [0.25, 0.3) is 0 Å². The maximum Gasteiger partial charge on any atom is 0.157 e. The number of pyridine rings is 1. The molecule has 1 N–H and O–H groups in total. The Kier molecular flexibility index (Phi) is 4.04. The molecule has 1 fully saturated rings. The van der Waals surface area contributed by atoms with Crippen molar-refractivity contribution in [2.45, 2.75) is 32.4 Å². The summed E-state index contributed by atoms with van der Waals surface area (Å²) in [6, 6.07) is 4.43. The Labute approximate surface area is 141 Å². The van der Waals surface area contributed by atoms with Gasteiger partial charge >= 0.3 is 0 Å². The molecule has 0 aromatic carbocycles. The molecule has 0 saturated carbocycles. The minimum Gasteiger partial charge on any atom is -0.341 e. The van der Waals surface area contributed by atoms with Gasteiger partial charge in [0.15, 0.2) is 5.82 Å². The summed E-state index contributed by atoms with van der Waals surface area (Å²) in [5.41, 5.74) is 4.07. The van der Waals surface area contributed by atoms with Crippen LogP contribution in [0.5, 0.6) is 0 Å². The number of aromatic nitrogens is 5. The van der Waals surface area contributed by atoms with E-state index < -0.39 is 0 Å². The number of rotatable bonds is 4. The van der Waals surface area contributed by atoms with Crippen LogP contribution in [0.1, 0.15) is 35.8 Å². The number of imidazole rings is 1. The molecule has 1 aliphatic heterocycles. The summed E-state index contributed by atoms with van der Waals surface area (Å²) in [5.74, 6) is 0.769. The molecule has 0 bridgehead atoms. The minimum absolute atomic E-state index is 0.324. The zero-order chi connectivity index (χ0) is 16.4. The largest absolute Gasteiger partial charge is 0.341 e. The lowest BCUT2D eigenvalue weighted by atomic mass is 10.1. The first-order chi connectivity index (χ1) is 11.8. The smallest absolute Gasteiger partial charge is 0.157 e. The van der Waals surface area contributed by atoms with Crippen LogP contribution in [0.25, 0.3) is 11.5 Å². The summed E-state index contributed by atoms with van der Waals surface area (Å²) in [5, 5.41) is 0. The van der Waals surface area contributed by atoms with Crippen LogP contribution >= 0.6 is 0 Å². The summed E-state index contributed by atoms with van der Waals surface area (Å²) in [6.45, 7) is 3.97. The summed E-state index contributed by atoms with van der Waals surface area (Å²) in [4.78, 5) is 23.4. The van der Waals surface area contributed by atoms with Gasteiger partial charge in [-0.3, -0.25) is 14.9 Å². The molecular formula is C18H20N6. The highest BCUT2D eigenvalue weighted by Gasteiger charge is 2.27. The van der Waals surface area contributed by atoms with Gasteiger partial charge < -0.3 is 4.98 Å². The van der Waals surface area contributed by atoms with Gasteiger partial charge in [-0.25, -0.2) is 9.97 Å². The topological polar surface area (TPSA) is 70.6 Å². The first kappa shape index (κ1) is 15.0. The van der Waals surface area contributed by atoms with Gasteiger partial charge in [-0.05, 0) is 37.9 Å². The highest BCUT2D eigenvalue weighted by atomic mass is 15.2. The van der Waals surface area contributed by atoms with Crippen molar-refractivity contribution < 1.29 is 0 Å². The van der Waals surface area contributed by atoms with Crippen molar-refractivity contribution in [3.05, 3.63) is 60.1 Å². The van der Waals surface area contributed by atoms with Gasteiger partial charge in [-0.1, -0.05) is 6.07 Å². The third kappa shape index (κ3) is 3.05. The van der Waals surface area contributed by atoms with Crippen LogP contribution in [0.2, 0.25) is 0 Å². The van der Waals surface area contributed by atoms with E-state index in [1.165, 1.54) is 12.0 Å². The zero-order valence-corrected chi connectivity index (χ0v) is 13.7. The third-order valence-corrected chi connectivity index (χ3v) is 4.43. The Balaban J connectivity index is 1.52. The molecule has 0 radical (unpaired) electrons. The second kappa shape index (κ2) is 6.49. The van der Waals surface area contributed by atoms with Crippen LogP contribution in [-0.4, -0.2) is 36.4 Å². The first-order valence-corrected chi connectivity index (χ1v) is 8.26. The van der Waals surface area contributed by atoms with Crippen LogP contribution < -0.4 is 0 Å². The Morgan fingerprint density at radius 1 is 1.17 bits per heavy atom. The molecule has 0 unspecified atom stereocenters. The molecule has 6 heteroatoms. The second-order valence-electron chi connectivity index (χ2n) is 6.23. The number of H-pyrrole nitrogens is 1. The van der Waals surface area contributed by atoms with Crippen molar-refractivity contribution in [1.82, 2.24) is 29.8 Å². The number of likely N-dealkylation sites (tertiary alicyclic amines) is 1. The van der Waals surface area contributed by atoms with Gasteiger partial charge in [-0.2, -0.15) is 0 Å². The second-order valence-corrected chi connectivity index (χ2v) is 6.23. The Morgan fingerprint density at radius 3 is 2.83 bits per heavy atom. The molecule has 0 aliphatic carbocycles. The number of aromatic amines is 1. The van der Waals surface area contributed by atoms with Gasteiger partial charge in [-0.15, -0.1) is 0 Å². The number of nitrogens with zero attached hydrogens (tertiary/aromatic N) is 5. The summed E-state index contributed by atoms with van der Waals surface area (Å²) >= 11 is 0. The fourth-order valence-electron chi connectivity index (χ4n) is 3.25. The van der Waals surface area contributed by atoms with E-state index in [0.29, 0.717) is 6.04 Å². The number of hydrogen-bond donors (Lipinski definition) is 1. The first-order valence-electron chi connectivity index (χ1n) is 8.26. The van der Waals surface area contributed by atoms with E-state index >= 15 is 0 Å². The Hall–Kier alpha value is -2.60. The van der Waals surface area contributed by atoms with Crippen LogP contribution in [0, 0.1) is 6.92 Å². The fraction of sp³-hybridized carbons (Fsp3) is 0.333. The van der Waals surface area contributed by atoms with Gasteiger partial charge in [0.05, 0.1) is 24.1 Å². The van der Waals surface area contributed by atoms with Crippen molar-refractivity contribution in [2.75, 3.05) is 6.54 Å². The fourth-order valence-corrected chi connectivity index (χ4v) is 3.25. The van der Waals surface area contributed by atoms with Crippen LogP contribution in [0.3, 0.4) is 0 Å². The zero-order valence-electron chi connectivity index (χ0n) is 13.7. The molecule has 4 heterocycles. The highest BCUT2D eigenvalue weighted by molar-refractivity contribution is 5.47. The van der Waals surface area contributed by atoms with E-state index in [1.54, 1.807) is 6.20 Å². The summed E-state index contributed by atoms with van der Waals surface area (Å²) in [6.07, 6.45) is 11.6. The quantitative estimate of drug-likeness (QED) is 0.800. The highest BCUT2D eigenvalue weighted by Crippen LogP contribution is 2.32. The molecule has 0 amide bonds. The van der Waals surface area contributed by atoms with Gasteiger partial charge in [0.2, 0.25) is 0 Å². The molecule has 4 rings (SSSR count). The molecule has 1 saturated heterocycles. The maximum atomic E-state index is 4.66. The van der Waals surface area contributed by atoms with E-state index in [9.17, 15) is 0 Å². The number of hydrogen-bond acceptors (Lipinski definition) is 5. The number of aryl methyl sites for hydroxylation is 1. The average Bonchev–Trinajstić information content (AvgIpc) is 3.25. The molecule has 1 aliphatic rings. The van der Waals surface area contributed by atoms with Crippen LogP contribution in [0.15, 0.2) is 43.1 Å². The molecule has 3 aromatic heterocycles. The Morgan fingerprint density at radius 2 is 2.12 bits per heavy atom. The van der Waals surface area contributed by atoms with Crippen molar-refractivity contribution in [1.29, 1.82) is 0 Å². The van der Waals surface area contributed by atoms with E-state index in [0.717, 1.165) is 42.4 Å². The predicted octanol–water partition coefficient (Wildman–Crippen LogP) is 2.91. The van der Waals surface area contributed by atoms with Crippen molar-refractivity contribution in [3.8, 4) is 11.5 Å². The van der Waals surface area contributed by atoms with Crippen LogP contribution in [0.4, 0.5) is 0 Å². The number of nitrogens with one attached hydrogen (secondary N) is 1. The molecule has 122 valence electrons. The average molecular weight is 320 g/mol. The van der Waals surface area contributed by atoms with Crippen molar-refractivity contribution in [3.63, 3.8) is 0 Å². The summed E-state index contributed by atoms with van der Waals surface area (Å²) in [7, 11) is 0. The minimum atomic E-state index is 0.324. The molecule has 1 atom stereocenters. The lowest BCUT2D eigenvalue weighted by molar-refractivity contribution is 0.243. The van der Waals surface area contributed by atoms with Gasteiger partial charge in [0.1, 0.15) is 5.69 Å². The predicted molar refractivity (Wildman–Crippen MR) is 91.0 cm³/mol. The third-order valence-electron chi connectivity index (χ3n) is 4.43. The van der Waals surface area contributed by atoms with E-state index in [4.69, 9.17) is 0 Å². The van der Waals surface area contributed by atoms with Crippen molar-refractivity contribution in [2.24, 2.45) is 0 Å². The Bertz CT molecular complexity index is 796. The normalized spacial score (nSPS) is 18.1. The van der Waals surface area contributed by atoms with E-state index in [-0.39, 0.29) is 0 Å². The SMILES string of the molecule is Cc1cnc(-c2cnc([C@H]3CCCN3Cc3cccnc3)cn2)[nH]1. The monoisotopic (exact) mass is 320 g/mol. The molecule has 24 heavy (non-hydrogen) atoms. The van der Waals surface area contributed by atoms with Crippen LogP contribution in [-0.2, 0) is 6.54 Å². The maximum absolute atomic E-state index is 4.66. The standard InChI is InChI=1S/C18H20N6/c1-13-8-22-18(23-13)16-11-20-15(10-21-16)17-5-3-7-24(17)12-14-4-2-6-19-9-14/h2,4,6,8-11,17H,3,5,7,12H2,1H3,(H,22,23)/t17-/m1/s1. The summed E-state index contributed by atoms with van der Waals surface area (Å²) < 4.78 is 0. The molecule has 0 spiro atoms. The van der Waals surface area contributed by atoms with E-state index in [2.05, 4.69) is 35.9 Å². The van der Waals surface area contributed by atoms with E-state index in [1.807, 2.05) is 37.8 Å².